The highest BCUT2D eigenvalue weighted by molar-refractivity contribution is 7.51. The number of benzene rings is 2. The Balaban J connectivity index is 1.72. The van der Waals surface area contributed by atoms with Crippen LogP contribution in [0.25, 0.3) is 16.9 Å². The number of ether oxygens (including phenoxy) is 1. The maximum Gasteiger partial charge on any atom is 0.325 e. The monoisotopic (exact) mass is 595 g/mol. The minimum Gasteiger partial charge on any atom is -0.494 e. The van der Waals surface area contributed by atoms with Gasteiger partial charge in [0.25, 0.3) is 5.91 Å². The second kappa shape index (κ2) is 12.7. The Labute approximate surface area is 237 Å². The van der Waals surface area contributed by atoms with E-state index in [2.05, 4.69) is 10.7 Å². The molecule has 2 aromatic carbocycles. The van der Waals surface area contributed by atoms with Crippen LogP contribution >= 0.6 is 30.8 Å². The highest BCUT2D eigenvalue weighted by Gasteiger charge is 2.26. The molecule has 39 heavy (non-hydrogen) atoms. The van der Waals surface area contributed by atoms with E-state index in [0.717, 1.165) is 32.4 Å². The van der Waals surface area contributed by atoms with E-state index in [1.165, 1.54) is 7.11 Å². The number of halogens is 2. The molecule has 0 radical (unpaired) electrons. The summed E-state index contributed by atoms with van der Waals surface area (Å²) in [7, 11) is -2.51. The first-order valence-corrected chi connectivity index (χ1v) is 15.2. The van der Waals surface area contributed by atoms with Crippen molar-refractivity contribution in [2.75, 3.05) is 38.2 Å². The molecule has 0 atom stereocenters. The molecule has 4 rings (SSSR count). The Kier molecular flexibility index (Phi) is 9.59. The van der Waals surface area contributed by atoms with E-state index >= 15 is 0 Å². The van der Waals surface area contributed by atoms with Crippen LogP contribution in [0.4, 0.5) is 5.69 Å². The van der Waals surface area contributed by atoms with Gasteiger partial charge in [0.1, 0.15) is 11.4 Å². The largest absolute Gasteiger partial charge is 0.494 e. The third kappa shape index (κ3) is 7.33. The number of aromatic nitrogens is 2. The number of hydrogen-bond donors (Lipinski definition) is 4. The van der Waals surface area contributed by atoms with E-state index in [-0.39, 0.29) is 17.8 Å². The number of amides is 1. The molecule has 0 bridgehead atoms. The van der Waals surface area contributed by atoms with E-state index in [4.69, 9.17) is 42.8 Å². The fourth-order valence-corrected chi connectivity index (χ4v) is 5.63. The van der Waals surface area contributed by atoms with E-state index in [0.29, 0.717) is 57.0 Å². The summed E-state index contributed by atoms with van der Waals surface area (Å²) in [5.41, 5.74) is 6.48. The molecule has 1 saturated heterocycles. The summed E-state index contributed by atoms with van der Waals surface area (Å²) in [6.45, 7) is 3.79. The van der Waals surface area contributed by atoms with Crippen molar-refractivity contribution < 1.29 is 23.9 Å². The lowest BCUT2D eigenvalue weighted by molar-refractivity contribution is 0.0743. The molecule has 2 heterocycles. The number of nitrogens with zero attached hydrogens (tertiary/aromatic N) is 3. The van der Waals surface area contributed by atoms with Crippen molar-refractivity contribution in [2.24, 2.45) is 0 Å². The summed E-state index contributed by atoms with van der Waals surface area (Å²) >= 11 is 12.8. The van der Waals surface area contributed by atoms with Gasteiger partial charge < -0.3 is 19.8 Å². The average Bonchev–Trinajstić information content (AvgIpc) is 3.23. The number of rotatable bonds is 10. The second-order valence-corrected chi connectivity index (χ2v) is 12.0. The van der Waals surface area contributed by atoms with Gasteiger partial charge in [-0.05, 0) is 56.5 Å². The van der Waals surface area contributed by atoms with E-state index in [9.17, 15) is 9.36 Å². The van der Waals surface area contributed by atoms with Crippen LogP contribution in [0.1, 0.15) is 41.7 Å². The molecule has 0 saturated carbocycles. The number of methoxy groups -OCH3 is 1. The first-order chi connectivity index (χ1) is 18.6. The number of hydrazine groups is 1. The van der Waals surface area contributed by atoms with Gasteiger partial charge in [-0.1, -0.05) is 29.6 Å². The van der Waals surface area contributed by atoms with Crippen molar-refractivity contribution >= 4 is 42.4 Å². The van der Waals surface area contributed by atoms with Crippen molar-refractivity contribution in [3.63, 3.8) is 0 Å². The fraction of sp³-hybridized carbons (Fsp3) is 0.385. The van der Waals surface area contributed by atoms with Crippen molar-refractivity contribution in [3.05, 3.63) is 57.7 Å². The summed E-state index contributed by atoms with van der Waals surface area (Å²) in [6, 6.07) is 10.5. The Morgan fingerprint density at radius 2 is 1.87 bits per heavy atom. The quantitative estimate of drug-likeness (QED) is 0.184. The number of hydrogen-bond acceptors (Lipinski definition) is 6. The van der Waals surface area contributed by atoms with Crippen LogP contribution in [-0.2, 0) is 4.57 Å². The molecule has 0 spiro atoms. The van der Waals surface area contributed by atoms with Crippen LogP contribution in [0, 0.1) is 6.92 Å². The van der Waals surface area contributed by atoms with Crippen molar-refractivity contribution in [1.29, 1.82) is 0 Å². The Morgan fingerprint density at radius 3 is 2.54 bits per heavy atom. The van der Waals surface area contributed by atoms with Crippen LogP contribution in [0.5, 0.6) is 5.75 Å². The molecule has 4 N–H and O–H groups in total. The number of nitrogens with one attached hydrogen (secondary N) is 2. The molecule has 1 aliphatic rings. The zero-order chi connectivity index (χ0) is 28.2. The van der Waals surface area contributed by atoms with Crippen LogP contribution < -0.4 is 15.5 Å². The summed E-state index contributed by atoms with van der Waals surface area (Å²) in [5, 5.41) is 10.7. The van der Waals surface area contributed by atoms with Gasteiger partial charge in [-0.3, -0.25) is 14.8 Å². The predicted molar refractivity (Wildman–Crippen MR) is 153 cm³/mol. The van der Waals surface area contributed by atoms with Crippen molar-refractivity contribution in [3.8, 4) is 22.7 Å². The highest BCUT2D eigenvalue weighted by Crippen LogP contribution is 2.38. The van der Waals surface area contributed by atoms with Gasteiger partial charge in [-0.2, -0.15) is 5.10 Å². The number of anilines is 1. The third-order valence-electron chi connectivity index (χ3n) is 6.50. The van der Waals surface area contributed by atoms with Gasteiger partial charge in [0.05, 0.1) is 24.0 Å². The SMILES string of the molecule is COc1cc(NCCCP(=O)(O)O)ccc1-n1nc(C(=O)NN2CCCCC2)c(C)c1-c1ccc(Cl)cc1Cl. The molecule has 10 nitrogen and oxygen atoms in total. The van der Waals surface area contributed by atoms with E-state index in [1.54, 1.807) is 35.0 Å². The summed E-state index contributed by atoms with van der Waals surface area (Å²) in [5.74, 6) is 0.175. The number of piperidine rings is 1. The van der Waals surface area contributed by atoms with Crippen LogP contribution in [0.3, 0.4) is 0 Å². The van der Waals surface area contributed by atoms with E-state index < -0.39 is 7.60 Å². The maximum absolute atomic E-state index is 13.3. The van der Waals surface area contributed by atoms with Gasteiger partial charge in [0, 0.05) is 47.5 Å². The molecule has 3 aromatic rings. The highest BCUT2D eigenvalue weighted by atomic mass is 35.5. The van der Waals surface area contributed by atoms with Gasteiger partial charge in [0.15, 0.2) is 5.69 Å². The molecule has 1 aliphatic heterocycles. The molecule has 1 aromatic heterocycles. The molecule has 1 amide bonds. The summed E-state index contributed by atoms with van der Waals surface area (Å²) in [6.07, 6.45) is 3.30. The minimum absolute atomic E-state index is 0.199. The smallest absolute Gasteiger partial charge is 0.325 e. The number of carbonyl (C=O) groups excluding carboxylic acids is 1. The van der Waals surface area contributed by atoms with Crippen LogP contribution in [0.15, 0.2) is 36.4 Å². The van der Waals surface area contributed by atoms with Gasteiger partial charge in [-0.25, -0.2) is 9.69 Å². The standard InChI is InChI=1S/C26H32Cl2N5O5P/c1-17-24(26(34)31-32-12-4-3-5-13-32)30-33(25(17)20-9-7-18(27)15-21(20)28)22-10-8-19(16-23(22)38-2)29-11-6-14-39(35,36)37/h7-10,15-16,29H,3-6,11-14H2,1-2H3,(H,31,34)(H2,35,36,37). The van der Waals surface area contributed by atoms with Gasteiger partial charge in [0.2, 0.25) is 0 Å². The lowest BCUT2D eigenvalue weighted by Crippen LogP contribution is -2.45. The first-order valence-electron chi connectivity index (χ1n) is 12.6. The molecule has 1 fully saturated rings. The fourth-order valence-electron chi connectivity index (χ4n) is 4.57. The topological polar surface area (TPSA) is 129 Å². The van der Waals surface area contributed by atoms with E-state index in [1.807, 2.05) is 18.0 Å². The Hall–Kier alpha value is -2.59. The van der Waals surface area contributed by atoms with Crippen molar-refractivity contribution in [1.82, 2.24) is 20.2 Å². The normalized spacial score (nSPS) is 14.3. The summed E-state index contributed by atoms with van der Waals surface area (Å²) in [4.78, 5) is 31.5. The van der Waals surface area contributed by atoms with Gasteiger partial charge in [-0.15, -0.1) is 0 Å². The van der Waals surface area contributed by atoms with Crippen LogP contribution in [-0.4, -0.2) is 63.4 Å². The first kappa shape index (κ1) is 29.4. The zero-order valence-electron chi connectivity index (χ0n) is 21.8. The molecule has 0 aliphatic carbocycles. The summed E-state index contributed by atoms with van der Waals surface area (Å²) < 4.78 is 18.4. The molecule has 0 unspecified atom stereocenters. The zero-order valence-corrected chi connectivity index (χ0v) is 24.2. The minimum atomic E-state index is -4.05. The Bertz CT molecular complexity index is 1390. The molecule has 13 heteroatoms. The maximum atomic E-state index is 13.3. The lowest BCUT2D eigenvalue weighted by Gasteiger charge is -2.26. The number of carbonyl (C=O) groups is 1. The van der Waals surface area contributed by atoms with Crippen molar-refractivity contribution in [2.45, 2.75) is 32.6 Å². The molecule has 210 valence electrons. The lowest BCUT2D eigenvalue weighted by atomic mass is 10.1. The predicted octanol–water partition coefficient (Wildman–Crippen LogP) is 5.27. The average molecular weight is 596 g/mol. The Morgan fingerprint density at radius 1 is 1.13 bits per heavy atom. The molecular formula is C26H32Cl2N5O5P. The molecular weight excluding hydrogens is 564 g/mol. The third-order valence-corrected chi connectivity index (χ3v) is 7.95. The second-order valence-electron chi connectivity index (χ2n) is 9.40. The van der Waals surface area contributed by atoms with Gasteiger partial charge >= 0.3 is 7.60 Å². The van der Waals surface area contributed by atoms with Crippen LogP contribution in [0.2, 0.25) is 10.0 Å².